The maximum absolute atomic E-state index is 11.7. The van der Waals surface area contributed by atoms with E-state index in [1.807, 2.05) is 37.3 Å². The van der Waals surface area contributed by atoms with Gasteiger partial charge in [0.15, 0.2) is 6.61 Å². The second-order valence-corrected chi connectivity index (χ2v) is 5.79. The summed E-state index contributed by atoms with van der Waals surface area (Å²) in [7, 11) is 0. The second-order valence-electron chi connectivity index (χ2n) is 5.79. The van der Waals surface area contributed by atoms with E-state index in [1.165, 1.54) is 11.8 Å². The number of hydrazone groups is 1. The summed E-state index contributed by atoms with van der Waals surface area (Å²) in [5.41, 5.74) is 3.69. The first-order chi connectivity index (χ1) is 11.6. The van der Waals surface area contributed by atoms with Crippen molar-refractivity contribution in [3.05, 3.63) is 53.5 Å². The number of hydrogen-bond acceptors (Lipinski definition) is 4. The van der Waals surface area contributed by atoms with E-state index in [0.717, 1.165) is 18.6 Å². The molecule has 5 heteroatoms. The van der Waals surface area contributed by atoms with Crippen LogP contribution in [0.2, 0.25) is 0 Å². The van der Waals surface area contributed by atoms with Gasteiger partial charge in [-0.15, -0.1) is 0 Å². The van der Waals surface area contributed by atoms with Crippen LogP contribution in [0.25, 0.3) is 0 Å². The van der Waals surface area contributed by atoms with E-state index in [2.05, 4.69) is 24.4 Å². The van der Waals surface area contributed by atoms with Crippen molar-refractivity contribution >= 4 is 12.1 Å². The molecule has 0 radical (unpaired) electrons. The van der Waals surface area contributed by atoms with Crippen molar-refractivity contribution in [1.82, 2.24) is 5.43 Å². The van der Waals surface area contributed by atoms with Crippen LogP contribution in [0.3, 0.4) is 0 Å². The Kier molecular flexibility index (Phi) is 6.61. The molecule has 1 heterocycles. The third-order valence-electron chi connectivity index (χ3n) is 3.68. The van der Waals surface area contributed by atoms with Crippen LogP contribution in [0.5, 0.6) is 5.75 Å². The average molecular weight is 328 g/mol. The third kappa shape index (κ3) is 5.57. The molecule has 1 N–H and O–H groups in total. The van der Waals surface area contributed by atoms with Crippen molar-refractivity contribution in [3.63, 3.8) is 0 Å². The highest BCUT2D eigenvalue weighted by atomic mass is 16.5. The number of aryl methyl sites for hydroxylation is 1. The molecule has 0 saturated heterocycles. The highest BCUT2D eigenvalue weighted by Gasteiger charge is 2.05. The van der Waals surface area contributed by atoms with Crippen molar-refractivity contribution in [1.29, 1.82) is 0 Å². The fraction of sp³-hybridized carbons (Fsp3) is 0.368. The molecule has 1 amide bonds. The summed E-state index contributed by atoms with van der Waals surface area (Å²) >= 11 is 0. The molecule has 128 valence electrons. The topological polar surface area (TPSA) is 63.8 Å². The fourth-order valence-corrected chi connectivity index (χ4v) is 2.36. The first-order valence-electron chi connectivity index (χ1n) is 8.19. The summed E-state index contributed by atoms with van der Waals surface area (Å²) in [6.45, 7) is 6.16. The predicted octanol–water partition coefficient (Wildman–Crippen LogP) is 4.02. The number of nitrogens with zero attached hydrogens (tertiary/aromatic N) is 1. The molecule has 0 aliphatic carbocycles. The summed E-state index contributed by atoms with van der Waals surface area (Å²) in [6.07, 6.45) is 3.78. The van der Waals surface area contributed by atoms with Crippen LogP contribution in [0, 0.1) is 6.92 Å². The van der Waals surface area contributed by atoms with Crippen LogP contribution in [0.15, 0.2) is 45.9 Å². The minimum absolute atomic E-state index is 0.0849. The number of nitrogens with one attached hydrogen (secondary N) is 1. The van der Waals surface area contributed by atoms with Crippen LogP contribution in [0.1, 0.15) is 49.7 Å². The van der Waals surface area contributed by atoms with Gasteiger partial charge in [-0.05, 0) is 49.1 Å². The van der Waals surface area contributed by atoms with Gasteiger partial charge in [-0.1, -0.05) is 32.4 Å². The van der Waals surface area contributed by atoms with Crippen molar-refractivity contribution in [2.75, 3.05) is 6.61 Å². The summed E-state index contributed by atoms with van der Waals surface area (Å²) in [5.74, 6) is 2.27. The summed E-state index contributed by atoms with van der Waals surface area (Å²) < 4.78 is 10.8. The van der Waals surface area contributed by atoms with Crippen LogP contribution >= 0.6 is 0 Å². The van der Waals surface area contributed by atoms with Crippen LogP contribution in [-0.2, 0) is 4.79 Å². The Labute approximate surface area is 142 Å². The van der Waals surface area contributed by atoms with Gasteiger partial charge in [-0.2, -0.15) is 5.10 Å². The Morgan fingerprint density at radius 3 is 2.67 bits per heavy atom. The van der Waals surface area contributed by atoms with E-state index in [-0.39, 0.29) is 12.5 Å². The molecule has 0 fully saturated rings. The lowest BCUT2D eigenvalue weighted by Gasteiger charge is -2.11. The molecule has 1 atom stereocenters. The lowest BCUT2D eigenvalue weighted by molar-refractivity contribution is -0.123. The van der Waals surface area contributed by atoms with Gasteiger partial charge in [-0.3, -0.25) is 4.79 Å². The quantitative estimate of drug-likeness (QED) is 0.588. The molecule has 2 rings (SSSR count). The number of carbonyl (C=O) groups excluding carboxylic acids is 1. The fourth-order valence-electron chi connectivity index (χ4n) is 2.36. The number of benzene rings is 1. The number of furan rings is 1. The largest absolute Gasteiger partial charge is 0.484 e. The zero-order chi connectivity index (χ0) is 17.4. The number of carbonyl (C=O) groups is 1. The second kappa shape index (κ2) is 8.91. The number of ether oxygens (including phenoxy) is 1. The molecule has 0 bridgehead atoms. The predicted molar refractivity (Wildman–Crippen MR) is 94.4 cm³/mol. The number of rotatable bonds is 8. The highest BCUT2D eigenvalue weighted by molar-refractivity contribution is 5.81. The van der Waals surface area contributed by atoms with Gasteiger partial charge >= 0.3 is 0 Å². The average Bonchev–Trinajstić information content (AvgIpc) is 2.99. The zero-order valence-corrected chi connectivity index (χ0v) is 14.4. The molecule has 0 aliphatic rings. The zero-order valence-electron chi connectivity index (χ0n) is 14.4. The molecule has 5 nitrogen and oxygen atoms in total. The van der Waals surface area contributed by atoms with E-state index in [1.54, 1.807) is 6.07 Å². The maximum Gasteiger partial charge on any atom is 0.277 e. The summed E-state index contributed by atoms with van der Waals surface area (Å²) in [6, 6.07) is 11.5. The van der Waals surface area contributed by atoms with Gasteiger partial charge in [0, 0.05) is 0 Å². The summed E-state index contributed by atoms with van der Waals surface area (Å²) in [4.78, 5) is 11.7. The van der Waals surface area contributed by atoms with Crippen LogP contribution < -0.4 is 10.2 Å². The molecule has 1 aromatic heterocycles. The molecular weight excluding hydrogens is 304 g/mol. The van der Waals surface area contributed by atoms with Crippen molar-refractivity contribution < 1.29 is 13.9 Å². The first-order valence-corrected chi connectivity index (χ1v) is 8.19. The monoisotopic (exact) mass is 328 g/mol. The molecule has 0 spiro atoms. The van der Waals surface area contributed by atoms with Gasteiger partial charge in [0.1, 0.15) is 17.3 Å². The van der Waals surface area contributed by atoms with E-state index in [9.17, 15) is 4.79 Å². The Morgan fingerprint density at radius 1 is 1.29 bits per heavy atom. The van der Waals surface area contributed by atoms with Gasteiger partial charge in [0.25, 0.3) is 5.91 Å². The van der Waals surface area contributed by atoms with E-state index < -0.39 is 0 Å². The minimum Gasteiger partial charge on any atom is -0.484 e. The summed E-state index contributed by atoms with van der Waals surface area (Å²) in [5, 5.41) is 3.83. The Hall–Kier alpha value is -2.56. The normalized spacial score (nSPS) is 12.3. The Bertz CT molecular complexity index is 674. The number of amides is 1. The lowest BCUT2D eigenvalue weighted by Crippen LogP contribution is -2.24. The highest BCUT2D eigenvalue weighted by Crippen LogP contribution is 2.22. The van der Waals surface area contributed by atoms with Gasteiger partial charge in [0.2, 0.25) is 0 Å². The van der Waals surface area contributed by atoms with Gasteiger partial charge in [-0.25, -0.2) is 5.43 Å². The van der Waals surface area contributed by atoms with E-state index >= 15 is 0 Å². The Morgan fingerprint density at radius 2 is 2.04 bits per heavy atom. The van der Waals surface area contributed by atoms with Gasteiger partial charge < -0.3 is 9.15 Å². The first kappa shape index (κ1) is 17.8. The van der Waals surface area contributed by atoms with Gasteiger partial charge in [0.05, 0.1) is 6.21 Å². The Balaban J connectivity index is 1.76. The molecule has 1 aromatic carbocycles. The number of hydrogen-bond donors (Lipinski definition) is 1. The van der Waals surface area contributed by atoms with Crippen molar-refractivity contribution in [2.24, 2.45) is 5.10 Å². The lowest BCUT2D eigenvalue weighted by atomic mass is 9.97. The minimum atomic E-state index is -0.321. The SMILES string of the molecule is CCCC(C)c1ccc(OCC(=O)NN=Cc2ccc(C)o2)cc1. The maximum atomic E-state index is 11.7. The van der Waals surface area contributed by atoms with Crippen LogP contribution in [0.4, 0.5) is 0 Å². The standard InChI is InChI=1S/C19H24N2O3/c1-4-5-14(2)16-7-10-17(11-8-16)23-13-19(22)21-20-12-18-9-6-15(3)24-18/h6-12,14H,4-5,13H2,1-3H3,(H,21,22). The molecule has 24 heavy (non-hydrogen) atoms. The van der Waals surface area contributed by atoms with Crippen molar-refractivity contribution in [3.8, 4) is 5.75 Å². The van der Waals surface area contributed by atoms with Crippen LogP contribution in [-0.4, -0.2) is 18.7 Å². The van der Waals surface area contributed by atoms with E-state index in [0.29, 0.717) is 17.4 Å². The molecule has 0 saturated carbocycles. The molecule has 1 unspecified atom stereocenters. The third-order valence-corrected chi connectivity index (χ3v) is 3.68. The molecule has 2 aromatic rings. The van der Waals surface area contributed by atoms with Crippen molar-refractivity contribution in [2.45, 2.75) is 39.5 Å². The van der Waals surface area contributed by atoms with E-state index in [4.69, 9.17) is 9.15 Å². The molecular formula is C19H24N2O3. The molecule has 0 aliphatic heterocycles. The smallest absolute Gasteiger partial charge is 0.277 e.